The molecule has 0 radical (unpaired) electrons. The van der Waals surface area contributed by atoms with E-state index in [0.29, 0.717) is 0 Å². The third kappa shape index (κ3) is 1.92. The molecule has 0 aliphatic carbocycles. The number of hydrogen-bond acceptors (Lipinski definition) is 3. The molecule has 13 heavy (non-hydrogen) atoms. The van der Waals surface area contributed by atoms with E-state index in [0.717, 1.165) is 30.6 Å². The Labute approximate surface area is 81.5 Å². The minimum atomic E-state index is -0.466. The SMILES string of the molecule is OC(C1=COCCC1)c1ccsc1. The van der Waals surface area contributed by atoms with Crippen LogP contribution in [0, 0.1) is 0 Å². The van der Waals surface area contributed by atoms with Gasteiger partial charge in [0.05, 0.1) is 12.9 Å². The summed E-state index contributed by atoms with van der Waals surface area (Å²) in [6.07, 6.45) is 3.18. The van der Waals surface area contributed by atoms with Crippen molar-refractivity contribution in [2.75, 3.05) is 6.61 Å². The number of thiophene rings is 1. The molecule has 0 saturated heterocycles. The second kappa shape index (κ2) is 3.94. The molecule has 70 valence electrons. The molecule has 2 rings (SSSR count). The zero-order chi connectivity index (χ0) is 9.10. The molecular weight excluding hydrogens is 184 g/mol. The highest BCUT2D eigenvalue weighted by molar-refractivity contribution is 7.07. The Hall–Kier alpha value is -0.800. The summed E-state index contributed by atoms with van der Waals surface area (Å²) in [5, 5.41) is 13.8. The van der Waals surface area contributed by atoms with Crippen LogP contribution in [0.25, 0.3) is 0 Å². The van der Waals surface area contributed by atoms with E-state index in [9.17, 15) is 5.11 Å². The maximum Gasteiger partial charge on any atom is 0.104 e. The fraction of sp³-hybridized carbons (Fsp3) is 0.400. The van der Waals surface area contributed by atoms with Crippen molar-refractivity contribution in [2.45, 2.75) is 18.9 Å². The van der Waals surface area contributed by atoms with E-state index in [-0.39, 0.29) is 0 Å². The smallest absolute Gasteiger partial charge is 0.104 e. The minimum Gasteiger partial charge on any atom is -0.501 e. The van der Waals surface area contributed by atoms with Crippen molar-refractivity contribution >= 4 is 11.3 Å². The molecule has 0 saturated carbocycles. The highest BCUT2D eigenvalue weighted by Crippen LogP contribution is 2.28. The largest absolute Gasteiger partial charge is 0.501 e. The highest BCUT2D eigenvalue weighted by Gasteiger charge is 2.16. The zero-order valence-electron chi connectivity index (χ0n) is 7.27. The van der Waals surface area contributed by atoms with Crippen molar-refractivity contribution in [3.8, 4) is 0 Å². The Morgan fingerprint density at radius 1 is 1.54 bits per heavy atom. The van der Waals surface area contributed by atoms with Gasteiger partial charge in [-0.1, -0.05) is 0 Å². The van der Waals surface area contributed by atoms with Gasteiger partial charge in [0.15, 0.2) is 0 Å². The number of aliphatic hydroxyl groups is 1. The van der Waals surface area contributed by atoms with E-state index in [1.54, 1.807) is 17.6 Å². The molecule has 1 aromatic heterocycles. The lowest BCUT2D eigenvalue weighted by Crippen LogP contribution is -2.06. The summed E-state index contributed by atoms with van der Waals surface area (Å²) in [4.78, 5) is 0. The molecule has 1 aliphatic rings. The van der Waals surface area contributed by atoms with Crippen molar-refractivity contribution in [3.63, 3.8) is 0 Å². The molecule has 1 aliphatic heterocycles. The molecule has 1 N–H and O–H groups in total. The Kier molecular flexibility index (Phi) is 2.66. The monoisotopic (exact) mass is 196 g/mol. The summed E-state index contributed by atoms with van der Waals surface area (Å²) in [7, 11) is 0. The summed E-state index contributed by atoms with van der Waals surface area (Å²) in [5.41, 5.74) is 1.96. The fourth-order valence-corrected chi connectivity index (χ4v) is 2.11. The molecule has 1 atom stereocenters. The standard InChI is InChI=1S/C10H12O2S/c11-10(9-3-5-13-7-9)8-2-1-4-12-6-8/h3,5-7,10-11H,1-2,4H2. The predicted molar refractivity (Wildman–Crippen MR) is 52.5 cm³/mol. The van der Waals surface area contributed by atoms with Crippen LogP contribution in [-0.2, 0) is 4.74 Å². The average molecular weight is 196 g/mol. The van der Waals surface area contributed by atoms with E-state index in [1.807, 2.05) is 16.8 Å². The molecule has 0 fully saturated rings. The summed E-state index contributed by atoms with van der Waals surface area (Å²) >= 11 is 1.60. The van der Waals surface area contributed by atoms with Gasteiger partial charge in [-0.15, -0.1) is 0 Å². The van der Waals surface area contributed by atoms with Gasteiger partial charge in [-0.3, -0.25) is 0 Å². The van der Waals surface area contributed by atoms with Crippen LogP contribution in [0.1, 0.15) is 24.5 Å². The van der Waals surface area contributed by atoms with Crippen molar-refractivity contribution in [1.82, 2.24) is 0 Å². The number of ether oxygens (including phenoxy) is 1. The Morgan fingerprint density at radius 2 is 2.46 bits per heavy atom. The molecule has 1 unspecified atom stereocenters. The average Bonchev–Trinajstić information content (AvgIpc) is 2.71. The molecule has 0 aromatic carbocycles. The molecule has 2 heterocycles. The van der Waals surface area contributed by atoms with Crippen molar-refractivity contribution in [3.05, 3.63) is 34.2 Å². The van der Waals surface area contributed by atoms with E-state index in [4.69, 9.17) is 4.74 Å². The number of rotatable bonds is 2. The van der Waals surface area contributed by atoms with Gasteiger partial charge >= 0.3 is 0 Å². The Balaban J connectivity index is 2.12. The van der Waals surface area contributed by atoms with Crippen molar-refractivity contribution < 1.29 is 9.84 Å². The van der Waals surface area contributed by atoms with Gasteiger partial charge in [0.1, 0.15) is 6.10 Å². The molecule has 1 aromatic rings. The van der Waals surface area contributed by atoms with Crippen LogP contribution in [0.3, 0.4) is 0 Å². The first kappa shape index (κ1) is 8.78. The first-order chi connectivity index (χ1) is 6.38. The first-order valence-corrected chi connectivity index (χ1v) is 5.33. The summed E-state index contributed by atoms with van der Waals surface area (Å²) in [6.45, 7) is 0.778. The quantitative estimate of drug-likeness (QED) is 0.787. The van der Waals surface area contributed by atoms with Gasteiger partial charge in [0.2, 0.25) is 0 Å². The lowest BCUT2D eigenvalue weighted by Gasteiger charge is -2.17. The topological polar surface area (TPSA) is 29.5 Å². The summed E-state index contributed by atoms with van der Waals surface area (Å²) < 4.78 is 5.18. The lowest BCUT2D eigenvalue weighted by molar-refractivity contribution is 0.170. The van der Waals surface area contributed by atoms with Crippen LogP contribution in [0.15, 0.2) is 28.7 Å². The van der Waals surface area contributed by atoms with Crippen LogP contribution >= 0.6 is 11.3 Å². The first-order valence-electron chi connectivity index (χ1n) is 4.38. The third-order valence-electron chi connectivity index (χ3n) is 2.17. The molecule has 0 amide bonds. The van der Waals surface area contributed by atoms with Crippen LogP contribution in [0.5, 0.6) is 0 Å². The maximum atomic E-state index is 9.89. The summed E-state index contributed by atoms with van der Waals surface area (Å²) in [6, 6.07) is 1.95. The molecule has 0 spiro atoms. The van der Waals surface area contributed by atoms with E-state index < -0.39 is 6.10 Å². The lowest BCUT2D eigenvalue weighted by atomic mass is 10.0. The third-order valence-corrected chi connectivity index (χ3v) is 2.87. The van der Waals surface area contributed by atoms with Gasteiger partial charge < -0.3 is 9.84 Å². The Morgan fingerprint density at radius 3 is 3.08 bits per heavy atom. The van der Waals surface area contributed by atoms with Crippen LogP contribution in [0.4, 0.5) is 0 Å². The van der Waals surface area contributed by atoms with E-state index >= 15 is 0 Å². The van der Waals surface area contributed by atoms with Gasteiger partial charge in [-0.05, 0) is 40.8 Å². The predicted octanol–water partition coefficient (Wildman–Crippen LogP) is 2.48. The highest BCUT2D eigenvalue weighted by atomic mass is 32.1. The van der Waals surface area contributed by atoms with Crippen molar-refractivity contribution in [1.29, 1.82) is 0 Å². The second-order valence-corrected chi connectivity index (χ2v) is 3.91. The van der Waals surface area contributed by atoms with Crippen LogP contribution in [0.2, 0.25) is 0 Å². The van der Waals surface area contributed by atoms with Gasteiger partial charge in [0.25, 0.3) is 0 Å². The fourth-order valence-electron chi connectivity index (χ4n) is 1.43. The molecular formula is C10H12O2S. The minimum absolute atomic E-state index is 0.466. The van der Waals surface area contributed by atoms with E-state index in [2.05, 4.69) is 0 Å². The molecule has 2 nitrogen and oxygen atoms in total. The maximum absolute atomic E-state index is 9.89. The zero-order valence-corrected chi connectivity index (χ0v) is 8.09. The Bertz CT molecular complexity index is 290. The second-order valence-electron chi connectivity index (χ2n) is 3.13. The normalized spacial score (nSPS) is 19.0. The molecule has 3 heteroatoms. The van der Waals surface area contributed by atoms with Crippen molar-refractivity contribution in [2.24, 2.45) is 0 Å². The van der Waals surface area contributed by atoms with Crippen LogP contribution in [-0.4, -0.2) is 11.7 Å². The van der Waals surface area contributed by atoms with E-state index in [1.165, 1.54) is 0 Å². The van der Waals surface area contributed by atoms with Gasteiger partial charge in [-0.2, -0.15) is 11.3 Å². The summed E-state index contributed by atoms with van der Waals surface area (Å²) in [5.74, 6) is 0. The van der Waals surface area contributed by atoms with Gasteiger partial charge in [-0.25, -0.2) is 0 Å². The van der Waals surface area contributed by atoms with Crippen LogP contribution < -0.4 is 0 Å². The number of aliphatic hydroxyl groups excluding tert-OH is 1. The molecule has 0 bridgehead atoms. The number of hydrogen-bond donors (Lipinski definition) is 1. The van der Waals surface area contributed by atoms with Gasteiger partial charge in [0, 0.05) is 0 Å².